The van der Waals surface area contributed by atoms with Crippen molar-refractivity contribution in [2.75, 3.05) is 30.7 Å². The maximum absolute atomic E-state index is 12.8. The monoisotopic (exact) mass is 489 g/mol. The highest BCUT2D eigenvalue weighted by molar-refractivity contribution is 8.00. The zero-order valence-electron chi connectivity index (χ0n) is 15.8. The summed E-state index contributed by atoms with van der Waals surface area (Å²) >= 11 is 7.69. The van der Waals surface area contributed by atoms with Crippen molar-refractivity contribution in [1.29, 1.82) is 0 Å². The first-order valence-corrected chi connectivity index (χ1v) is 11.0. The second kappa shape index (κ2) is 9.64. The Morgan fingerprint density at radius 2 is 2.19 bits per heavy atom. The maximum atomic E-state index is 12.8. The molecule has 12 nitrogen and oxygen atoms in total. The van der Waals surface area contributed by atoms with Crippen molar-refractivity contribution in [1.82, 2.24) is 15.2 Å². The van der Waals surface area contributed by atoms with Crippen LogP contribution in [-0.4, -0.2) is 86.3 Å². The first-order chi connectivity index (χ1) is 14.8. The molecule has 0 saturated carbocycles. The zero-order chi connectivity index (χ0) is 22.7. The number of anilines is 1. The smallest absolute Gasteiger partial charge is 0.352 e. The van der Waals surface area contributed by atoms with E-state index in [1.54, 1.807) is 0 Å². The van der Waals surface area contributed by atoms with Gasteiger partial charge in [-0.2, -0.15) is 0 Å². The van der Waals surface area contributed by atoms with Crippen LogP contribution in [0.1, 0.15) is 5.69 Å². The lowest BCUT2D eigenvalue weighted by molar-refractivity contribution is -0.150. The molecule has 0 radical (unpaired) electrons. The SMILES string of the molecule is CON=C(C(=O)N[C@@H]1C(=O)N2C(C(=O)O)=C(CO)CS[C@@H]12)c1csc(NC(=O)CCl)n1. The minimum absolute atomic E-state index is 0.0998. The van der Waals surface area contributed by atoms with Crippen LogP contribution in [0.3, 0.4) is 0 Å². The Morgan fingerprint density at radius 3 is 2.81 bits per heavy atom. The average molecular weight is 490 g/mol. The summed E-state index contributed by atoms with van der Waals surface area (Å²) in [6.45, 7) is -0.487. The van der Waals surface area contributed by atoms with E-state index < -0.39 is 41.7 Å². The number of hydrogen-bond donors (Lipinski definition) is 4. The molecule has 2 atom stereocenters. The number of β-lactam (4-membered cyclic amide) rings is 1. The van der Waals surface area contributed by atoms with Gasteiger partial charge in [0.15, 0.2) is 10.8 Å². The summed E-state index contributed by atoms with van der Waals surface area (Å²) in [5.74, 6) is -3.26. The molecule has 0 unspecified atom stereocenters. The molecule has 15 heteroatoms. The number of aliphatic hydroxyl groups excluding tert-OH is 1. The van der Waals surface area contributed by atoms with Gasteiger partial charge in [-0.25, -0.2) is 9.78 Å². The van der Waals surface area contributed by atoms with Crippen LogP contribution in [0.4, 0.5) is 5.13 Å². The van der Waals surface area contributed by atoms with Crippen molar-refractivity contribution < 1.29 is 34.2 Å². The highest BCUT2D eigenvalue weighted by Gasteiger charge is 2.54. The molecule has 4 N–H and O–H groups in total. The summed E-state index contributed by atoms with van der Waals surface area (Å²) in [7, 11) is 1.23. The Kier molecular flexibility index (Phi) is 7.15. The summed E-state index contributed by atoms with van der Waals surface area (Å²) in [6.07, 6.45) is 0. The standard InChI is InChI=1S/C16H16ClN5O7S2/c1-29-21-9(7-5-31-16(18-7)19-8(24)2-17)12(25)20-10-13(26)22-11(15(27)28)6(3-23)4-30-14(10)22/h5,10,14,23H,2-4H2,1H3,(H,20,25)(H,27,28)(H,18,19,24)/t10-,14+/m1/s1. The number of carbonyl (C=O) groups is 4. The van der Waals surface area contributed by atoms with Gasteiger partial charge in [-0.05, 0) is 5.57 Å². The quantitative estimate of drug-likeness (QED) is 0.161. The Balaban J connectivity index is 1.75. The number of aliphatic hydroxyl groups is 1. The van der Waals surface area contributed by atoms with Crippen LogP contribution >= 0.6 is 34.7 Å². The van der Waals surface area contributed by atoms with Crippen LogP contribution in [0.15, 0.2) is 21.8 Å². The number of thiazole rings is 1. The van der Waals surface area contributed by atoms with Crippen LogP contribution in [0.25, 0.3) is 0 Å². The molecule has 3 heterocycles. The van der Waals surface area contributed by atoms with Gasteiger partial charge in [-0.3, -0.25) is 19.3 Å². The Morgan fingerprint density at radius 1 is 1.45 bits per heavy atom. The van der Waals surface area contributed by atoms with E-state index in [4.69, 9.17) is 16.4 Å². The number of amides is 3. The maximum Gasteiger partial charge on any atom is 0.352 e. The van der Waals surface area contributed by atoms with Gasteiger partial charge in [0.2, 0.25) is 5.91 Å². The zero-order valence-corrected chi connectivity index (χ0v) is 18.2. The number of rotatable bonds is 8. The number of fused-ring (bicyclic) bond motifs is 1. The number of aliphatic carboxylic acids is 1. The largest absolute Gasteiger partial charge is 0.477 e. The van der Waals surface area contributed by atoms with Gasteiger partial charge in [0.25, 0.3) is 11.8 Å². The molecule has 3 rings (SSSR count). The number of oxime groups is 1. The van der Waals surface area contributed by atoms with E-state index in [0.29, 0.717) is 0 Å². The van der Waals surface area contributed by atoms with Crippen LogP contribution in [0, 0.1) is 0 Å². The highest BCUT2D eigenvalue weighted by Crippen LogP contribution is 2.40. The third kappa shape index (κ3) is 4.51. The molecule has 31 heavy (non-hydrogen) atoms. The minimum Gasteiger partial charge on any atom is -0.477 e. The van der Waals surface area contributed by atoms with Crippen molar-refractivity contribution >= 4 is 69.2 Å². The van der Waals surface area contributed by atoms with Gasteiger partial charge >= 0.3 is 5.97 Å². The van der Waals surface area contributed by atoms with Gasteiger partial charge < -0.3 is 25.7 Å². The topological polar surface area (TPSA) is 171 Å². The number of halogens is 1. The third-order valence-electron chi connectivity index (χ3n) is 4.24. The number of nitrogens with one attached hydrogen (secondary N) is 2. The van der Waals surface area contributed by atoms with E-state index >= 15 is 0 Å². The van der Waals surface area contributed by atoms with E-state index in [0.717, 1.165) is 16.2 Å². The summed E-state index contributed by atoms with van der Waals surface area (Å²) in [6, 6.07) is -0.997. The van der Waals surface area contributed by atoms with E-state index in [2.05, 4.69) is 20.8 Å². The predicted octanol–water partition coefficient (Wildman–Crippen LogP) is -0.598. The summed E-state index contributed by atoms with van der Waals surface area (Å²) in [5.41, 5.74) is -0.181. The second-order valence-electron chi connectivity index (χ2n) is 6.12. The van der Waals surface area contributed by atoms with Gasteiger partial charge in [-0.15, -0.1) is 34.7 Å². The second-order valence-corrected chi connectivity index (χ2v) is 8.35. The molecule has 0 aromatic carbocycles. The summed E-state index contributed by atoms with van der Waals surface area (Å²) < 4.78 is 0. The molecule has 2 aliphatic rings. The first-order valence-electron chi connectivity index (χ1n) is 8.56. The molecule has 0 spiro atoms. The number of hydrogen-bond acceptors (Lipinski definition) is 10. The van der Waals surface area contributed by atoms with Crippen LogP contribution in [-0.2, 0) is 24.0 Å². The van der Waals surface area contributed by atoms with Crippen molar-refractivity contribution in [3.8, 4) is 0 Å². The molecule has 166 valence electrons. The fourth-order valence-electron chi connectivity index (χ4n) is 2.90. The van der Waals surface area contributed by atoms with Crippen molar-refractivity contribution in [2.45, 2.75) is 11.4 Å². The van der Waals surface area contributed by atoms with Crippen molar-refractivity contribution in [3.63, 3.8) is 0 Å². The normalized spacial score (nSPS) is 20.7. The van der Waals surface area contributed by atoms with Gasteiger partial charge in [-0.1, -0.05) is 5.16 Å². The number of aromatic nitrogens is 1. The van der Waals surface area contributed by atoms with Crippen molar-refractivity contribution in [2.24, 2.45) is 5.16 Å². The van der Waals surface area contributed by atoms with E-state index in [1.165, 1.54) is 24.3 Å². The Labute approximate surface area is 188 Å². The Hall–Kier alpha value is -2.68. The summed E-state index contributed by atoms with van der Waals surface area (Å²) in [4.78, 5) is 58.1. The molecule has 3 amide bonds. The molecule has 0 bridgehead atoms. The number of nitrogens with zero attached hydrogens (tertiary/aromatic N) is 3. The van der Waals surface area contributed by atoms with E-state index in [-0.39, 0.29) is 39.4 Å². The molecular formula is C16H16ClN5O7S2. The van der Waals surface area contributed by atoms with E-state index in [9.17, 15) is 29.4 Å². The van der Waals surface area contributed by atoms with Crippen molar-refractivity contribution in [3.05, 3.63) is 22.3 Å². The van der Waals surface area contributed by atoms with E-state index in [1.807, 2.05) is 0 Å². The molecule has 1 saturated heterocycles. The number of carbonyl (C=O) groups excluding carboxylic acids is 3. The molecule has 1 aromatic rings. The minimum atomic E-state index is -1.33. The fraction of sp³-hybridized carbons (Fsp3) is 0.375. The number of carboxylic acid groups (broad SMARTS) is 1. The highest BCUT2D eigenvalue weighted by atomic mass is 35.5. The lowest BCUT2D eigenvalue weighted by Crippen LogP contribution is -2.71. The number of alkyl halides is 1. The fourth-order valence-corrected chi connectivity index (χ4v) is 5.02. The first kappa shape index (κ1) is 23.0. The molecular weight excluding hydrogens is 474 g/mol. The lowest BCUT2D eigenvalue weighted by atomic mass is 10.0. The number of thioether (sulfide) groups is 1. The van der Waals surface area contributed by atoms with Crippen LogP contribution in [0.2, 0.25) is 0 Å². The van der Waals surface area contributed by atoms with Crippen LogP contribution < -0.4 is 10.6 Å². The average Bonchev–Trinajstić information content (AvgIpc) is 3.21. The predicted molar refractivity (Wildman–Crippen MR) is 112 cm³/mol. The van der Waals surface area contributed by atoms with Crippen LogP contribution in [0.5, 0.6) is 0 Å². The number of carboxylic acids is 1. The molecule has 2 aliphatic heterocycles. The van der Waals surface area contributed by atoms with Gasteiger partial charge in [0, 0.05) is 11.1 Å². The summed E-state index contributed by atoms with van der Waals surface area (Å²) in [5, 5.41) is 28.4. The molecule has 0 aliphatic carbocycles. The third-order valence-corrected chi connectivity index (χ3v) is 6.58. The molecule has 1 aromatic heterocycles. The molecule has 1 fully saturated rings. The Bertz CT molecular complexity index is 995. The van der Waals surface area contributed by atoms with Gasteiger partial charge in [0.1, 0.15) is 35.8 Å². The van der Waals surface area contributed by atoms with Gasteiger partial charge in [0.05, 0.1) is 6.61 Å². The lowest BCUT2D eigenvalue weighted by Gasteiger charge is -2.49.